The Kier molecular flexibility index (Phi) is 14.5. The van der Waals surface area contributed by atoms with Crippen LogP contribution >= 0.6 is 0 Å². The lowest BCUT2D eigenvalue weighted by molar-refractivity contribution is -0.128. The van der Waals surface area contributed by atoms with Gasteiger partial charge in [-0.05, 0) is 58.4 Å². The molecule has 0 aliphatic carbocycles. The van der Waals surface area contributed by atoms with Gasteiger partial charge in [-0.2, -0.15) is 0 Å². The molecule has 5 N–H and O–H groups in total. The summed E-state index contributed by atoms with van der Waals surface area (Å²) in [6, 6.07) is 17.8. The number of benzene rings is 2. The van der Waals surface area contributed by atoms with Crippen LogP contribution in [0.3, 0.4) is 0 Å². The first-order chi connectivity index (χ1) is 24.0. The molecule has 0 fully saturated rings. The van der Waals surface area contributed by atoms with Crippen molar-refractivity contribution in [3.05, 3.63) is 90.3 Å². The van der Waals surface area contributed by atoms with Crippen molar-refractivity contribution >= 4 is 24.0 Å². The largest absolute Gasteiger partial charge is 0.453 e. The predicted octanol–water partition coefficient (Wildman–Crippen LogP) is 4.80. The van der Waals surface area contributed by atoms with Crippen molar-refractivity contribution in [1.82, 2.24) is 26.3 Å². The van der Waals surface area contributed by atoms with Crippen LogP contribution in [0.2, 0.25) is 0 Å². The maximum atomic E-state index is 13.8. The lowest BCUT2D eigenvalue weighted by Crippen LogP contribution is -2.59. The van der Waals surface area contributed by atoms with E-state index in [-0.39, 0.29) is 12.8 Å². The van der Waals surface area contributed by atoms with Crippen molar-refractivity contribution in [1.29, 1.82) is 0 Å². The number of aliphatic hydroxyl groups is 1. The average molecular weight is 704 g/mol. The number of carbonyl (C=O) groups is 4. The second-order valence-corrected chi connectivity index (χ2v) is 14.8. The number of methoxy groups -OCH3 is 2. The standard InChI is InChI=1S/C39H53N5O7/c1-38(2,3)32(43-36(48)50-7)34(46)41-29(21-26-16-18-27(19-17-26)28-15-12-20-40-24-28)23-31(45)30(22-25-13-10-9-11-14-25)42-35(47)33(39(4,5)6)44-37(49)51-8/h9-20,24,29-33,45H,21-23H2,1-8H3,(H,41,46)(H,42,47)(H,43,48)(H,44,49)/t29-,30-,31-,32+,33+/m0/s1. The smallest absolute Gasteiger partial charge is 0.407 e. The normalized spacial score (nSPS) is 14.5. The Hall–Kier alpha value is -4.97. The third-order valence-electron chi connectivity index (χ3n) is 8.55. The molecule has 0 radical (unpaired) electrons. The molecule has 51 heavy (non-hydrogen) atoms. The Morgan fingerprint density at radius 3 is 1.69 bits per heavy atom. The van der Waals surface area contributed by atoms with E-state index in [1.54, 1.807) is 12.4 Å². The molecular formula is C39H53N5O7. The number of pyridine rings is 1. The zero-order valence-corrected chi connectivity index (χ0v) is 30.9. The van der Waals surface area contributed by atoms with Crippen LogP contribution in [-0.2, 0) is 31.9 Å². The molecule has 0 saturated carbocycles. The van der Waals surface area contributed by atoms with E-state index in [0.29, 0.717) is 6.42 Å². The van der Waals surface area contributed by atoms with Gasteiger partial charge in [0.25, 0.3) is 0 Å². The molecule has 3 aromatic rings. The van der Waals surface area contributed by atoms with Crippen LogP contribution in [0.25, 0.3) is 11.1 Å². The van der Waals surface area contributed by atoms with E-state index in [9.17, 15) is 24.3 Å². The molecule has 0 aliphatic heterocycles. The number of carbonyl (C=O) groups excluding carboxylic acids is 4. The summed E-state index contributed by atoms with van der Waals surface area (Å²) in [5.41, 5.74) is 2.34. The number of aromatic nitrogens is 1. The van der Waals surface area contributed by atoms with Crippen LogP contribution in [0.15, 0.2) is 79.1 Å². The van der Waals surface area contributed by atoms with Gasteiger partial charge in [0, 0.05) is 18.4 Å². The minimum Gasteiger partial charge on any atom is -0.453 e. The Labute approximate surface area is 301 Å². The molecule has 1 aromatic heterocycles. The van der Waals surface area contributed by atoms with Gasteiger partial charge in [-0.1, -0.05) is 102 Å². The maximum Gasteiger partial charge on any atom is 0.407 e. The zero-order chi connectivity index (χ0) is 37.8. The topological polar surface area (TPSA) is 168 Å². The van der Waals surface area contributed by atoms with E-state index >= 15 is 0 Å². The van der Waals surface area contributed by atoms with Crippen LogP contribution in [-0.4, -0.2) is 78.6 Å². The summed E-state index contributed by atoms with van der Waals surface area (Å²) in [7, 11) is 2.45. The fourth-order valence-electron chi connectivity index (χ4n) is 5.71. The number of nitrogens with zero attached hydrogens (tertiary/aromatic N) is 1. The Morgan fingerprint density at radius 2 is 1.20 bits per heavy atom. The number of nitrogens with one attached hydrogen (secondary N) is 4. The quantitative estimate of drug-likeness (QED) is 0.160. The molecule has 0 aliphatic rings. The molecule has 12 heteroatoms. The number of rotatable bonds is 14. The number of alkyl carbamates (subject to hydrolysis) is 2. The molecule has 0 spiro atoms. The van der Waals surface area contributed by atoms with Gasteiger partial charge in [0.1, 0.15) is 12.1 Å². The summed E-state index contributed by atoms with van der Waals surface area (Å²) >= 11 is 0. The summed E-state index contributed by atoms with van der Waals surface area (Å²) in [5.74, 6) is -0.940. The van der Waals surface area contributed by atoms with Crippen LogP contribution in [0.5, 0.6) is 0 Å². The summed E-state index contributed by atoms with van der Waals surface area (Å²) in [5, 5.41) is 23.2. The lowest BCUT2D eigenvalue weighted by Gasteiger charge is -2.34. The molecule has 4 amide bonds. The van der Waals surface area contributed by atoms with Crippen molar-refractivity contribution in [2.75, 3.05) is 14.2 Å². The average Bonchev–Trinajstić information content (AvgIpc) is 3.08. The van der Waals surface area contributed by atoms with E-state index in [4.69, 9.17) is 9.47 Å². The second kappa shape index (κ2) is 18.3. The molecular weight excluding hydrogens is 650 g/mol. The van der Waals surface area contributed by atoms with Crippen molar-refractivity contribution in [2.24, 2.45) is 10.8 Å². The summed E-state index contributed by atoms with van der Waals surface area (Å²) < 4.78 is 9.56. The van der Waals surface area contributed by atoms with E-state index < -0.39 is 65.1 Å². The van der Waals surface area contributed by atoms with Crippen molar-refractivity contribution in [3.8, 4) is 11.1 Å². The van der Waals surface area contributed by atoms with Crippen LogP contribution in [0, 0.1) is 10.8 Å². The minimum absolute atomic E-state index is 0.0492. The number of hydrogen-bond acceptors (Lipinski definition) is 8. The number of aliphatic hydroxyl groups excluding tert-OH is 1. The summed E-state index contributed by atoms with van der Waals surface area (Å²) in [6.07, 6.45) is 1.51. The molecule has 3 rings (SSSR count). The van der Waals surface area contributed by atoms with Crippen LogP contribution < -0.4 is 21.3 Å². The van der Waals surface area contributed by atoms with Gasteiger partial charge >= 0.3 is 12.2 Å². The second-order valence-electron chi connectivity index (χ2n) is 14.8. The maximum absolute atomic E-state index is 13.8. The monoisotopic (exact) mass is 703 g/mol. The van der Waals surface area contributed by atoms with Gasteiger partial charge in [0.05, 0.1) is 26.4 Å². The van der Waals surface area contributed by atoms with Crippen molar-refractivity contribution in [2.45, 2.75) is 91.1 Å². The highest BCUT2D eigenvalue weighted by Gasteiger charge is 2.37. The highest BCUT2D eigenvalue weighted by molar-refractivity contribution is 5.87. The first-order valence-electron chi connectivity index (χ1n) is 17.0. The van der Waals surface area contributed by atoms with Gasteiger partial charge in [-0.15, -0.1) is 0 Å². The van der Waals surface area contributed by atoms with Crippen LogP contribution in [0.4, 0.5) is 9.59 Å². The lowest BCUT2D eigenvalue weighted by atomic mass is 9.85. The molecule has 276 valence electrons. The first kappa shape index (κ1) is 40.5. The summed E-state index contributed by atoms with van der Waals surface area (Å²) in [4.78, 5) is 56.2. The molecule has 2 aromatic carbocycles. The number of hydrogen-bond donors (Lipinski definition) is 5. The number of amides is 4. The van der Waals surface area contributed by atoms with E-state index in [1.807, 2.05) is 108 Å². The summed E-state index contributed by atoms with van der Waals surface area (Å²) in [6.45, 7) is 10.9. The van der Waals surface area contributed by atoms with Gasteiger partial charge in [0.2, 0.25) is 11.8 Å². The minimum atomic E-state index is -1.14. The Bertz CT molecular complexity index is 1570. The van der Waals surface area contributed by atoms with Crippen molar-refractivity contribution < 1.29 is 33.8 Å². The molecule has 5 atom stereocenters. The van der Waals surface area contributed by atoms with E-state index in [1.165, 1.54) is 14.2 Å². The fraction of sp³-hybridized carbons (Fsp3) is 0.462. The molecule has 1 heterocycles. The van der Waals surface area contributed by atoms with Gasteiger partial charge in [-0.3, -0.25) is 14.6 Å². The highest BCUT2D eigenvalue weighted by Crippen LogP contribution is 2.24. The van der Waals surface area contributed by atoms with E-state index in [0.717, 1.165) is 22.3 Å². The molecule has 0 unspecified atom stereocenters. The molecule has 0 bridgehead atoms. The Morgan fingerprint density at radius 1 is 0.667 bits per heavy atom. The zero-order valence-electron chi connectivity index (χ0n) is 30.9. The fourth-order valence-corrected chi connectivity index (χ4v) is 5.71. The SMILES string of the molecule is COC(=O)N[C@H](C(=O)N[C@@H](Cc1ccc(-c2cccnc2)cc1)C[C@H](O)[C@H](Cc1ccccc1)NC(=O)[C@@H](NC(=O)OC)C(C)(C)C)C(C)(C)C. The number of ether oxygens (including phenoxy) is 2. The Balaban J connectivity index is 1.96. The predicted molar refractivity (Wildman–Crippen MR) is 196 cm³/mol. The first-order valence-corrected chi connectivity index (χ1v) is 17.0. The third-order valence-corrected chi connectivity index (χ3v) is 8.55. The van der Waals surface area contributed by atoms with Crippen LogP contribution in [0.1, 0.15) is 59.1 Å². The third kappa shape index (κ3) is 12.7. The molecule has 0 saturated heterocycles. The van der Waals surface area contributed by atoms with Gasteiger partial charge < -0.3 is 35.8 Å². The highest BCUT2D eigenvalue weighted by atomic mass is 16.5. The van der Waals surface area contributed by atoms with Crippen molar-refractivity contribution in [3.63, 3.8) is 0 Å². The van der Waals surface area contributed by atoms with Gasteiger partial charge in [0.15, 0.2) is 0 Å². The molecule has 12 nitrogen and oxygen atoms in total. The van der Waals surface area contributed by atoms with Gasteiger partial charge in [-0.25, -0.2) is 9.59 Å². The van der Waals surface area contributed by atoms with E-state index in [2.05, 4.69) is 26.3 Å².